The molecule has 17 heavy (non-hydrogen) atoms. The zero-order valence-electron chi connectivity index (χ0n) is 8.88. The molecule has 1 aromatic carbocycles. The van der Waals surface area contributed by atoms with Gasteiger partial charge < -0.3 is 25.8 Å². The van der Waals surface area contributed by atoms with E-state index < -0.39 is 29.3 Å². The first-order valence-electron chi connectivity index (χ1n) is 4.51. The van der Waals surface area contributed by atoms with Crippen LogP contribution in [0.2, 0.25) is 0 Å². The molecule has 0 spiro atoms. The van der Waals surface area contributed by atoms with Crippen molar-refractivity contribution in [3.05, 3.63) is 23.3 Å². The van der Waals surface area contributed by atoms with E-state index in [9.17, 15) is 14.7 Å². The van der Waals surface area contributed by atoms with E-state index in [0.29, 0.717) is 0 Å². The molecular formula is C10H11NO6. The largest absolute Gasteiger partial charge is 0.507 e. The molecule has 7 nitrogen and oxygen atoms in total. The fourth-order valence-corrected chi connectivity index (χ4v) is 1.31. The predicted molar refractivity (Wildman–Crippen MR) is 56.2 cm³/mol. The van der Waals surface area contributed by atoms with Crippen LogP contribution in [0.4, 0.5) is 0 Å². The lowest BCUT2D eigenvalue weighted by Gasteiger charge is -2.13. The molecule has 1 aromatic rings. The molecule has 92 valence electrons. The van der Waals surface area contributed by atoms with Gasteiger partial charge in [-0.25, -0.2) is 4.79 Å². The van der Waals surface area contributed by atoms with E-state index >= 15 is 0 Å². The van der Waals surface area contributed by atoms with Gasteiger partial charge in [0.15, 0.2) is 0 Å². The molecule has 0 bridgehead atoms. The van der Waals surface area contributed by atoms with E-state index in [1.807, 2.05) is 0 Å². The summed E-state index contributed by atoms with van der Waals surface area (Å²) < 4.78 is 4.84. The second-order valence-electron chi connectivity index (χ2n) is 3.23. The molecule has 1 unspecified atom stereocenters. The van der Waals surface area contributed by atoms with E-state index in [2.05, 4.69) is 0 Å². The van der Waals surface area contributed by atoms with Crippen molar-refractivity contribution in [3.63, 3.8) is 0 Å². The average molecular weight is 241 g/mol. The molecule has 0 aliphatic rings. The highest BCUT2D eigenvalue weighted by Crippen LogP contribution is 2.31. The first-order chi connectivity index (χ1) is 7.88. The number of carbonyl (C=O) groups is 2. The van der Waals surface area contributed by atoms with Gasteiger partial charge in [-0.2, -0.15) is 0 Å². The minimum Gasteiger partial charge on any atom is -0.507 e. The van der Waals surface area contributed by atoms with Crippen molar-refractivity contribution in [3.8, 4) is 11.5 Å². The van der Waals surface area contributed by atoms with Gasteiger partial charge in [-0.3, -0.25) is 4.79 Å². The second-order valence-corrected chi connectivity index (χ2v) is 3.23. The summed E-state index contributed by atoms with van der Waals surface area (Å²) in [6.45, 7) is 0. The topological polar surface area (TPSA) is 130 Å². The van der Waals surface area contributed by atoms with Crippen LogP contribution in [0.1, 0.15) is 22.0 Å². The Morgan fingerprint density at radius 2 is 1.94 bits per heavy atom. The van der Waals surface area contributed by atoms with Gasteiger partial charge in [0.2, 0.25) is 0 Å². The van der Waals surface area contributed by atoms with Crippen LogP contribution in [-0.4, -0.2) is 34.4 Å². The zero-order valence-corrected chi connectivity index (χ0v) is 8.88. The zero-order chi connectivity index (χ0) is 13.2. The number of benzene rings is 1. The molecule has 0 aliphatic carbocycles. The highest BCUT2D eigenvalue weighted by atomic mass is 16.5. The van der Waals surface area contributed by atoms with Crippen molar-refractivity contribution in [2.45, 2.75) is 6.04 Å². The van der Waals surface area contributed by atoms with Gasteiger partial charge in [-0.05, 0) is 6.07 Å². The maximum Gasteiger partial charge on any atom is 0.339 e. The molecule has 1 atom stereocenters. The van der Waals surface area contributed by atoms with Crippen molar-refractivity contribution in [2.24, 2.45) is 5.73 Å². The van der Waals surface area contributed by atoms with Gasteiger partial charge in [-0.1, -0.05) is 0 Å². The third kappa shape index (κ3) is 2.45. The third-order valence-corrected chi connectivity index (χ3v) is 2.18. The van der Waals surface area contributed by atoms with E-state index in [-0.39, 0.29) is 11.3 Å². The minimum atomic E-state index is -1.43. The number of ether oxygens (including phenoxy) is 1. The normalized spacial score (nSPS) is 11.9. The van der Waals surface area contributed by atoms with Crippen LogP contribution in [-0.2, 0) is 4.79 Å². The number of carboxylic acids is 2. The van der Waals surface area contributed by atoms with Crippen LogP contribution in [0.25, 0.3) is 0 Å². The summed E-state index contributed by atoms with van der Waals surface area (Å²) in [6.07, 6.45) is 0. The number of methoxy groups -OCH3 is 1. The van der Waals surface area contributed by atoms with Crippen LogP contribution in [0.5, 0.6) is 11.5 Å². The quantitative estimate of drug-likeness (QED) is 0.591. The van der Waals surface area contributed by atoms with Gasteiger partial charge in [0.25, 0.3) is 0 Å². The number of aromatic hydroxyl groups is 1. The summed E-state index contributed by atoms with van der Waals surface area (Å²) in [6, 6.07) is 0.570. The lowest BCUT2D eigenvalue weighted by Crippen LogP contribution is -2.21. The molecule has 0 amide bonds. The summed E-state index contributed by atoms with van der Waals surface area (Å²) in [4.78, 5) is 21.5. The Kier molecular flexibility index (Phi) is 3.54. The molecular weight excluding hydrogens is 230 g/mol. The average Bonchev–Trinajstić information content (AvgIpc) is 2.26. The molecule has 0 aliphatic heterocycles. The third-order valence-electron chi connectivity index (χ3n) is 2.18. The van der Waals surface area contributed by atoms with E-state index in [1.165, 1.54) is 7.11 Å². The maximum absolute atomic E-state index is 10.8. The maximum atomic E-state index is 10.8. The van der Waals surface area contributed by atoms with Gasteiger partial charge in [0.05, 0.1) is 7.11 Å². The molecule has 5 N–H and O–H groups in total. The molecule has 0 saturated carbocycles. The second kappa shape index (κ2) is 4.71. The highest BCUT2D eigenvalue weighted by Gasteiger charge is 2.23. The van der Waals surface area contributed by atoms with Crippen LogP contribution in [0, 0.1) is 0 Å². The number of carboxylic acid groups (broad SMARTS) is 2. The fourth-order valence-electron chi connectivity index (χ4n) is 1.31. The number of rotatable bonds is 4. The standard InChI is InChI=1S/C10H11NO6/c1-17-7-3-6(12)4(9(13)14)2-5(7)8(11)10(15)16/h2-3,8,12H,11H2,1H3,(H,13,14)(H,15,16). The molecule has 0 radical (unpaired) electrons. The van der Waals surface area contributed by atoms with Crippen LogP contribution in [0.3, 0.4) is 0 Å². The van der Waals surface area contributed by atoms with Crippen molar-refractivity contribution < 1.29 is 29.6 Å². The van der Waals surface area contributed by atoms with Gasteiger partial charge in [0.1, 0.15) is 23.1 Å². The molecule has 0 heterocycles. The van der Waals surface area contributed by atoms with Crippen molar-refractivity contribution in [1.82, 2.24) is 0 Å². The Labute approximate surface area is 96.1 Å². The van der Waals surface area contributed by atoms with Crippen molar-refractivity contribution >= 4 is 11.9 Å². The number of hydrogen-bond acceptors (Lipinski definition) is 5. The van der Waals surface area contributed by atoms with Crippen LogP contribution >= 0.6 is 0 Å². The number of aromatic carboxylic acids is 1. The summed E-state index contributed by atoms with van der Waals surface area (Å²) in [7, 11) is 1.26. The summed E-state index contributed by atoms with van der Waals surface area (Å²) in [5.74, 6) is -3.22. The lowest BCUT2D eigenvalue weighted by molar-refractivity contribution is -0.138. The fraction of sp³-hybridized carbons (Fsp3) is 0.200. The molecule has 0 fully saturated rings. The van der Waals surface area contributed by atoms with E-state index in [0.717, 1.165) is 12.1 Å². The van der Waals surface area contributed by atoms with Crippen LogP contribution < -0.4 is 10.5 Å². The van der Waals surface area contributed by atoms with Crippen molar-refractivity contribution in [2.75, 3.05) is 7.11 Å². The summed E-state index contributed by atoms with van der Waals surface area (Å²) in [5, 5.41) is 26.9. The Morgan fingerprint density at radius 3 is 2.35 bits per heavy atom. The molecule has 0 aromatic heterocycles. The highest BCUT2D eigenvalue weighted by molar-refractivity contribution is 5.92. The monoisotopic (exact) mass is 241 g/mol. The molecule has 7 heteroatoms. The predicted octanol–water partition coefficient (Wildman–Crippen LogP) is 0.183. The number of phenols is 1. The summed E-state index contributed by atoms with van der Waals surface area (Å²) >= 11 is 0. The van der Waals surface area contributed by atoms with Crippen LogP contribution in [0.15, 0.2) is 12.1 Å². The number of hydrogen-bond donors (Lipinski definition) is 4. The van der Waals surface area contributed by atoms with Crippen molar-refractivity contribution in [1.29, 1.82) is 0 Å². The number of aliphatic carboxylic acids is 1. The lowest BCUT2D eigenvalue weighted by atomic mass is 10.0. The van der Waals surface area contributed by atoms with E-state index in [4.69, 9.17) is 20.7 Å². The Balaban J connectivity index is 3.41. The van der Waals surface area contributed by atoms with Gasteiger partial charge in [-0.15, -0.1) is 0 Å². The SMILES string of the molecule is COc1cc(O)c(C(=O)O)cc1C(N)C(=O)O. The Morgan fingerprint density at radius 1 is 1.35 bits per heavy atom. The molecule has 1 rings (SSSR count). The smallest absolute Gasteiger partial charge is 0.339 e. The Bertz CT molecular complexity index is 470. The first-order valence-corrected chi connectivity index (χ1v) is 4.51. The minimum absolute atomic E-state index is 0.0161. The number of nitrogens with two attached hydrogens (primary N) is 1. The van der Waals surface area contributed by atoms with E-state index in [1.54, 1.807) is 0 Å². The first kappa shape index (κ1) is 12.8. The Hall–Kier alpha value is -2.28. The summed E-state index contributed by atoms with van der Waals surface area (Å²) in [5.41, 5.74) is 4.93. The molecule has 0 saturated heterocycles. The van der Waals surface area contributed by atoms with Gasteiger partial charge in [0, 0.05) is 11.6 Å². The van der Waals surface area contributed by atoms with Gasteiger partial charge >= 0.3 is 11.9 Å².